The number of carbonyl (C=O) groups excluding carboxylic acids is 1. The minimum Gasteiger partial charge on any atom is -0.478 e. The van der Waals surface area contributed by atoms with Gasteiger partial charge in [0.25, 0.3) is 5.91 Å². The topological polar surface area (TPSA) is 79.3 Å². The molecule has 0 bridgehead atoms. The summed E-state index contributed by atoms with van der Waals surface area (Å²) in [6, 6.07) is 2.90. The molecule has 6 heteroatoms. The summed E-state index contributed by atoms with van der Waals surface area (Å²) in [7, 11) is 0. The number of hydrogen-bond acceptors (Lipinski definition) is 4. The van der Waals surface area contributed by atoms with Crippen LogP contribution < -0.4 is 5.32 Å². The number of rotatable bonds is 6. The first-order valence-electron chi connectivity index (χ1n) is 5.58. The number of carboxylic acid groups (broad SMARTS) is 1. The van der Waals surface area contributed by atoms with E-state index in [4.69, 9.17) is 5.11 Å². The standard InChI is InChI=1S/C12H16N2O3S/c1-3-8(7-18-2)14-11(15)10-9(12(16)17)5-4-6-13-10/h4-6,8H,3,7H2,1-2H3,(H,14,15)(H,16,17). The first-order chi connectivity index (χ1) is 8.60. The van der Waals surface area contributed by atoms with E-state index in [1.54, 1.807) is 11.8 Å². The van der Waals surface area contributed by atoms with E-state index in [-0.39, 0.29) is 17.3 Å². The predicted molar refractivity (Wildman–Crippen MR) is 71.1 cm³/mol. The van der Waals surface area contributed by atoms with Crippen molar-refractivity contribution in [3.05, 3.63) is 29.6 Å². The Balaban J connectivity index is 2.87. The summed E-state index contributed by atoms with van der Waals surface area (Å²) >= 11 is 1.63. The molecule has 0 aromatic carbocycles. The maximum Gasteiger partial charge on any atom is 0.338 e. The number of aromatic carboxylic acids is 1. The lowest BCUT2D eigenvalue weighted by atomic mass is 10.1. The van der Waals surface area contributed by atoms with Gasteiger partial charge in [-0.15, -0.1) is 0 Å². The molecular formula is C12H16N2O3S. The first kappa shape index (κ1) is 14.5. The van der Waals surface area contributed by atoms with Crippen molar-refractivity contribution >= 4 is 23.6 Å². The maximum atomic E-state index is 12.0. The minimum absolute atomic E-state index is 0.0242. The molecule has 1 heterocycles. The van der Waals surface area contributed by atoms with Crippen LogP contribution in [0.1, 0.15) is 34.2 Å². The van der Waals surface area contributed by atoms with E-state index >= 15 is 0 Å². The molecule has 0 saturated carbocycles. The Morgan fingerprint density at radius 2 is 2.28 bits per heavy atom. The Labute approximate surface area is 110 Å². The van der Waals surface area contributed by atoms with E-state index in [1.807, 2.05) is 13.2 Å². The summed E-state index contributed by atoms with van der Waals surface area (Å²) in [6.07, 6.45) is 4.16. The fourth-order valence-corrected chi connectivity index (χ4v) is 2.20. The molecule has 18 heavy (non-hydrogen) atoms. The van der Waals surface area contributed by atoms with Gasteiger partial charge in [-0.2, -0.15) is 11.8 Å². The van der Waals surface area contributed by atoms with Crippen LogP contribution in [-0.2, 0) is 0 Å². The molecule has 0 aliphatic carbocycles. The number of amides is 1. The van der Waals surface area contributed by atoms with Crippen LogP contribution in [0.5, 0.6) is 0 Å². The Hall–Kier alpha value is -1.56. The van der Waals surface area contributed by atoms with Gasteiger partial charge in [0.2, 0.25) is 0 Å². The molecule has 1 amide bonds. The van der Waals surface area contributed by atoms with Gasteiger partial charge < -0.3 is 10.4 Å². The zero-order valence-corrected chi connectivity index (χ0v) is 11.2. The number of hydrogen-bond donors (Lipinski definition) is 2. The van der Waals surface area contributed by atoms with E-state index in [1.165, 1.54) is 18.3 Å². The Kier molecular flexibility index (Phi) is 5.64. The summed E-state index contributed by atoms with van der Waals surface area (Å²) in [5.74, 6) is -0.794. The Morgan fingerprint density at radius 1 is 1.56 bits per heavy atom. The third-order valence-electron chi connectivity index (χ3n) is 2.45. The second-order valence-corrected chi connectivity index (χ2v) is 4.65. The molecule has 1 rings (SSSR count). The summed E-state index contributed by atoms with van der Waals surface area (Å²) in [5, 5.41) is 11.8. The quantitative estimate of drug-likeness (QED) is 0.820. The predicted octanol–water partition coefficient (Wildman–Crippen LogP) is 1.65. The van der Waals surface area contributed by atoms with Gasteiger partial charge in [0, 0.05) is 18.0 Å². The van der Waals surface area contributed by atoms with Crippen LogP contribution >= 0.6 is 11.8 Å². The molecule has 1 aromatic rings. The van der Waals surface area contributed by atoms with Gasteiger partial charge in [0.05, 0.1) is 5.56 Å². The maximum absolute atomic E-state index is 12.0. The van der Waals surface area contributed by atoms with Crippen LogP contribution in [0, 0.1) is 0 Å². The second kappa shape index (κ2) is 7.00. The van der Waals surface area contributed by atoms with Gasteiger partial charge >= 0.3 is 5.97 Å². The smallest absolute Gasteiger partial charge is 0.338 e. The number of nitrogens with zero attached hydrogens (tertiary/aromatic N) is 1. The summed E-state index contributed by atoms with van der Waals surface area (Å²) in [6.45, 7) is 1.97. The number of thioether (sulfide) groups is 1. The van der Waals surface area contributed by atoms with Crippen molar-refractivity contribution in [2.75, 3.05) is 12.0 Å². The Bertz CT molecular complexity index is 437. The first-order valence-corrected chi connectivity index (χ1v) is 6.97. The van der Waals surface area contributed by atoms with Crippen molar-refractivity contribution in [1.29, 1.82) is 0 Å². The third kappa shape index (κ3) is 3.73. The van der Waals surface area contributed by atoms with Crippen molar-refractivity contribution < 1.29 is 14.7 Å². The monoisotopic (exact) mass is 268 g/mol. The van der Waals surface area contributed by atoms with Crippen LogP contribution in [-0.4, -0.2) is 40.0 Å². The van der Waals surface area contributed by atoms with Crippen LogP contribution in [0.2, 0.25) is 0 Å². The highest BCUT2D eigenvalue weighted by molar-refractivity contribution is 7.98. The molecule has 5 nitrogen and oxygen atoms in total. The zero-order valence-electron chi connectivity index (χ0n) is 10.3. The summed E-state index contributed by atoms with van der Waals surface area (Å²) < 4.78 is 0. The molecule has 0 aliphatic rings. The van der Waals surface area contributed by atoms with Crippen molar-refractivity contribution in [1.82, 2.24) is 10.3 Å². The van der Waals surface area contributed by atoms with Crippen LogP contribution in [0.3, 0.4) is 0 Å². The Morgan fingerprint density at radius 3 is 2.83 bits per heavy atom. The number of carbonyl (C=O) groups is 2. The molecular weight excluding hydrogens is 252 g/mol. The minimum atomic E-state index is -1.15. The van der Waals surface area contributed by atoms with Crippen molar-refractivity contribution in [3.63, 3.8) is 0 Å². The normalized spacial score (nSPS) is 11.9. The van der Waals surface area contributed by atoms with Crippen LogP contribution in [0.4, 0.5) is 0 Å². The lowest BCUT2D eigenvalue weighted by Gasteiger charge is -2.15. The zero-order chi connectivity index (χ0) is 13.5. The van der Waals surface area contributed by atoms with Crippen molar-refractivity contribution in [2.24, 2.45) is 0 Å². The van der Waals surface area contributed by atoms with E-state index in [9.17, 15) is 9.59 Å². The highest BCUT2D eigenvalue weighted by Crippen LogP contribution is 2.07. The van der Waals surface area contributed by atoms with Gasteiger partial charge in [-0.25, -0.2) is 4.79 Å². The molecule has 0 aliphatic heterocycles. The molecule has 0 fully saturated rings. The molecule has 1 unspecified atom stereocenters. The number of carboxylic acids is 1. The molecule has 2 N–H and O–H groups in total. The number of pyridine rings is 1. The lowest BCUT2D eigenvalue weighted by molar-refractivity contribution is 0.0689. The molecule has 0 saturated heterocycles. The lowest BCUT2D eigenvalue weighted by Crippen LogP contribution is -2.37. The van der Waals surface area contributed by atoms with Gasteiger partial charge in [0.1, 0.15) is 5.69 Å². The summed E-state index contributed by atoms with van der Waals surface area (Å²) in [4.78, 5) is 26.8. The van der Waals surface area contributed by atoms with E-state index in [0.717, 1.165) is 12.2 Å². The van der Waals surface area contributed by atoms with Crippen LogP contribution in [0.25, 0.3) is 0 Å². The van der Waals surface area contributed by atoms with Crippen LogP contribution in [0.15, 0.2) is 18.3 Å². The van der Waals surface area contributed by atoms with Crippen molar-refractivity contribution in [3.8, 4) is 0 Å². The molecule has 0 radical (unpaired) electrons. The van der Waals surface area contributed by atoms with E-state index in [2.05, 4.69) is 10.3 Å². The fraction of sp³-hybridized carbons (Fsp3) is 0.417. The SMILES string of the molecule is CCC(CSC)NC(=O)c1ncccc1C(=O)O. The van der Waals surface area contributed by atoms with E-state index < -0.39 is 11.9 Å². The fourth-order valence-electron chi connectivity index (χ4n) is 1.48. The molecule has 98 valence electrons. The second-order valence-electron chi connectivity index (χ2n) is 3.74. The third-order valence-corrected chi connectivity index (χ3v) is 3.18. The molecule has 1 atom stereocenters. The average Bonchev–Trinajstić information content (AvgIpc) is 2.38. The highest BCUT2D eigenvalue weighted by Gasteiger charge is 2.19. The molecule has 0 spiro atoms. The number of aromatic nitrogens is 1. The average molecular weight is 268 g/mol. The van der Waals surface area contributed by atoms with E-state index in [0.29, 0.717) is 0 Å². The highest BCUT2D eigenvalue weighted by atomic mass is 32.2. The van der Waals surface area contributed by atoms with Crippen molar-refractivity contribution in [2.45, 2.75) is 19.4 Å². The van der Waals surface area contributed by atoms with Gasteiger partial charge in [-0.3, -0.25) is 9.78 Å². The van der Waals surface area contributed by atoms with Gasteiger partial charge in [0.15, 0.2) is 0 Å². The largest absolute Gasteiger partial charge is 0.478 e. The molecule has 1 aromatic heterocycles. The van der Waals surface area contributed by atoms with Gasteiger partial charge in [-0.05, 0) is 24.8 Å². The number of nitrogens with one attached hydrogen (secondary N) is 1. The summed E-state index contributed by atoms with van der Waals surface area (Å²) in [5.41, 5.74) is -0.112. The van der Waals surface area contributed by atoms with Gasteiger partial charge in [-0.1, -0.05) is 6.92 Å².